The van der Waals surface area contributed by atoms with Crippen LogP contribution in [0.4, 0.5) is 34.0 Å². The molecule has 26 nitrogen and oxygen atoms in total. The van der Waals surface area contributed by atoms with Gasteiger partial charge in [0.1, 0.15) is 11.6 Å². The van der Waals surface area contributed by atoms with E-state index in [0.717, 1.165) is 174 Å². The van der Waals surface area contributed by atoms with E-state index in [9.17, 15) is 23.6 Å². The minimum atomic E-state index is -0.581. The molecule has 646 valence electrons. The average Bonchev–Trinajstić information content (AvgIpc) is 1.53. The summed E-state index contributed by atoms with van der Waals surface area (Å²) < 4.78 is 26.9. The van der Waals surface area contributed by atoms with Crippen LogP contribution >= 0.6 is 58.0 Å². The third-order valence-corrected chi connectivity index (χ3v) is 30.8. The first kappa shape index (κ1) is 86.7. The van der Waals surface area contributed by atoms with E-state index in [4.69, 9.17) is 99.1 Å². The molecule has 19 rings (SSSR count). The molecule has 0 bridgehead atoms. The third kappa shape index (κ3) is 15.9. The van der Waals surface area contributed by atoms with E-state index >= 15 is 0 Å². The largest absolute Gasteiger partial charge is 0.376 e. The molecule has 5 N–H and O–H groups in total. The first-order valence-corrected chi connectivity index (χ1v) is 44.9. The van der Waals surface area contributed by atoms with Crippen molar-refractivity contribution in [3.05, 3.63) is 206 Å². The van der Waals surface area contributed by atoms with Crippen LogP contribution in [0.15, 0.2) is 100 Å². The van der Waals surface area contributed by atoms with Gasteiger partial charge in [-0.1, -0.05) is 124 Å². The van der Waals surface area contributed by atoms with Gasteiger partial charge >= 0.3 is 0 Å². The van der Waals surface area contributed by atoms with Crippen molar-refractivity contribution < 1.29 is 9.13 Å². The number of nitrogens with one attached hydrogen (secondary N) is 1. The smallest absolute Gasteiger partial charge is 0.264 e. The van der Waals surface area contributed by atoms with Gasteiger partial charge < -0.3 is 41.1 Å². The van der Waals surface area contributed by atoms with Crippen LogP contribution in [0.3, 0.4) is 0 Å². The van der Waals surface area contributed by atoms with Crippen molar-refractivity contribution in [2.45, 2.75) is 195 Å². The van der Waals surface area contributed by atoms with E-state index in [1.165, 1.54) is 48.8 Å². The predicted octanol–water partition coefficient (Wildman–Crippen LogP) is 13.7. The van der Waals surface area contributed by atoms with Crippen LogP contribution in [0.25, 0.3) is 0 Å². The summed E-state index contributed by atoms with van der Waals surface area (Å²) in [6.45, 7) is 24.5. The number of hydrogen-bond donors (Lipinski definition) is 3. The summed E-state index contributed by atoms with van der Waals surface area (Å²) in [6.07, 6.45) is 21.6. The molecule has 8 aromatic rings. The molecule has 2 saturated carbocycles. The molecule has 15 heterocycles. The number of hydrogen-bond acceptors (Lipinski definition) is 22. The number of pyridine rings is 2. The molecule has 0 unspecified atom stereocenters. The molecule has 9 aliphatic heterocycles. The Morgan fingerprint density at radius 2 is 0.918 bits per heavy atom. The van der Waals surface area contributed by atoms with Crippen LogP contribution in [0.2, 0.25) is 25.1 Å². The number of aryl methyl sites for hydroxylation is 1. The van der Waals surface area contributed by atoms with Crippen molar-refractivity contribution in [1.82, 2.24) is 48.2 Å². The number of nitrogens with zero attached hydrogens (tertiary/aromatic N) is 18. The highest BCUT2D eigenvalue weighted by Gasteiger charge is 2.50. The van der Waals surface area contributed by atoms with Gasteiger partial charge in [-0.05, 0) is 149 Å². The number of halogens is 6. The van der Waals surface area contributed by atoms with Gasteiger partial charge in [0.25, 0.3) is 22.2 Å². The van der Waals surface area contributed by atoms with E-state index in [2.05, 4.69) is 84.5 Å². The highest BCUT2D eigenvalue weighted by atomic mass is 35.5. The normalized spacial score (nSPS) is 21.9. The van der Waals surface area contributed by atoms with E-state index < -0.39 is 5.82 Å². The summed E-state index contributed by atoms with van der Waals surface area (Å²) in [5.74, 6) is 3.48. The van der Waals surface area contributed by atoms with E-state index in [0.29, 0.717) is 115 Å². The Morgan fingerprint density at radius 1 is 0.492 bits per heavy atom. The van der Waals surface area contributed by atoms with Gasteiger partial charge in [-0.25, -0.2) is 29.3 Å². The van der Waals surface area contributed by atoms with Gasteiger partial charge in [0, 0.05) is 139 Å². The Balaban J connectivity index is 0.000000121. The van der Waals surface area contributed by atoms with Crippen molar-refractivity contribution in [3.8, 4) is 0 Å². The van der Waals surface area contributed by atoms with Crippen molar-refractivity contribution in [1.29, 1.82) is 0 Å². The van der Waals surface area contributed by atoms with Crippen LogP contribution < -0.4 is 58.6 Å². The van der Waals surface area contributed by atoms with Crippen molar-refractivity contribution in [2.24, 2.45) is 87.2 Å². The van der Waals surface area contributed by atoms with E-state index in [-0.39, 0.29) is 84.7 Å². The lowest BCUT2D eigenvalue weighted by molar-refractivity contribution is 0.0973. The monoisotopic (exact) mass is 1760 g/mol. The number of piperidine rings is 4. The second-order valence-corrected chi connectivity index (χ2v) is 37.9. The second kappa shape index (κ2) is 34.6. The zero-order valence-electron chi connectivity index (χ0n) is 71.5. The number of fused-ring (bicyclic) bond motifs is 4. The summed E-state index contributed by atoms with van der Waals surface area (Å²) in [5.41, 5.74) is 23.7. The van der Waals surface area contributed by atoms with Crippen molar-refractivity contribution >= 4 is 110 Å². The number of ether oxygens (including phenoxy) is 1. The molecule has 0 radical (unpaired) electrons. The summed E-state index contributed by atoms with van der Waals surface area (Å²) in [5, 5.41) is 5.32. The maximum absolute atomic E-state index is 14.6. The molecule has 4 atom stereocenters. The van der Waals surface area contributed by atoms with Crippen LogP contribution in [-0.2, 0) is 59.1 Å². The Bertz CT molecular complexity index is 5830. The Morgan fingerprint density at radius 3 is 1.34 bits per heavy atom. The van der Waals surface area contributed by atoms with Crippen LogP contribution in [0, 0.1) is 40.3 Å². The molecule has 122 heavy (non-hydrogen) atoms. The van der Waals surface area contributed by atoms with Crippen molar-refractivity contribution in [3.63, 3.8) is 0 Å². The lowest BCUT2D eigenvalue weighted by Crippen LogP contribution is -2.51. The molecule has 2 spiro atoms. The molecular formula is C90H109Cl5FN21O5. The number of aromatic nitrogens is 10. The minimum absolute atomic E-state index is 0.00903. The van der Waals surface area contributed by atoms with Crippen molar-refractivity contribution in [2.75, 3.05) is 83.9 Å². The first-order chi connectivity index (χ1) is 58.4. The number of aliphatic imine (C=N–C) groups is 4. The number of benzene rings is 2. The van der Waals surface area contributed by atoms with Crippen LogP contribution in [-0.4, -0.2) is 154 Å². The van der Waals surface area contributed by atoms with Gasteiger partial charge in [-0.15, -0.1) is 0 Å². The standard InChI is InChI=1S/C26H34ClN7O.C22H24Cl2FN5O2.C22H27ClN4O.C20H24ClN5O/c1-15-6-8-26(22(15)28)9-12-34(13-10-26)25-32-18-14-30-21(19(18)24(35)33(25)2)17-7-11-29-23(20(17)27)31-16-4-3-5-16;1-11-19(26)22(10-32-11)5-7-30(8-6-22)21-28-14-9-27-18(16(14)20(31)29(21)2)15-13(25)4-3-12(23)17(15)24;1-5-22(3)9-11-27(12-10-22)21-25-16-13-24-19(17(16)20(28)26(21)4)15-8-6-7-14(2)18(15)23;1-4-20(2)6-9-26(10-7-20)19-24-15-12-23-17(16(15)18(27)25(19)3)13-5-8-22-11-14(13)21/h7,11,15-16,22H,3-6,8-10,12-14,28H2,1-2H3,(H,29,31);3-4,11,19H,5-10,26H2,1-2H3;6-8H,5,9-13H2,1-4H3;5,8,11H,4,6-7,9-10,12H2,1-3H3/t15-,22-;11-,19+;;/m10../s1. The van der Waals surface area contributed by atoms with Gasteiger partial charge in [-0.3, -0.25) is 62.4 Å². The number of rotatable bonds is 12. The quantitative estimate of drug-likeness (QED) is 0.0957. The highest BCUT2D eigenvalue weighted by Crippen LogP contribution is 2.49. The molecular weight excluding hydrogens is 1650 g/mol. The third-order valence-electron chi connectivity index (χ3n) is 28.8. The average molecular weight is 1760 g/mol. The zero-order valence-corrected chi connectivity index (χ0v) is 75.3. The molecule has 2 aromatic carbocycles. The van der Waals surface area contributed by atoms with Gasteiger partial charge in [0.15, 0.2) is 0 Å². The molecule has 5 saturated heterocycles. The topological polar surface area (TPSA) is 301 Å². The second-order valence-electron chi connectivity index (χ2n) is 35.9. The van der Waals surface area contributed by atoms with E-state index in [1.807, 2.05) is 52.2 Å². The molecule has 32 heteroatoms. The highest BCUT2D eigenvalue weighted by molar-refractivity contribution is 6.45. The molecule has 11 aliphatic rings. The Kier molecular flexibility index (Phi) is 24.6. The molecule has 7 fully saturated rings. The molecule has 0 amide bonds. The summed E-state index contributed by atoms with van der Waals surface area (Å²) in [7, 11) is 7.09. The Hall–Kier alpha value is -8.80. The summed E-state index contributed by atoms with van der Waals surface area (Å²) in [6, 6.07) is 12.8. The number of nitrogens with two attached hydrogens (primary N) is 2. The SMILES string of the molecule is CCC1(C)CCN(c2nc3c(c(=O)n2C)C(c2cccc(C)c2Cl)=NC3)CC1.CCC1(C)CCN(c2nc3c(c(=O)n2C)C(c2ccncc2Cl)=NC3)CC1.C[C@@H]1CCC2(CCN(c3nc4c(c(=O)n3C)C(c3ccnc(NC5CCC5)c3Cl)=NC4)CC2)[C@@H]1N.C[C@@H]1OCC2(CCN(c3nc4c(c(=O)n3C)C(c3c(F)ccc(Cl)c3Cl)=NC4)CC2)[C@@H]1N. The van der Waals surface area contributed by atoms with Crippen LogP contribution in [0.5, 0.6) is 0 Å². The first-order valence-electron chi connectivity index (χ1n) is 43.0. The zero-order chi connectivity index (χ0) is 86.3. The predicted molar refractivity (Wildman–Crippen MR) is 485 cm³/mol. The number of anilines is 5. The fourth-order valence-electron chi connectivity index (χ4n) is 19.5. The summed E-state index contributed by atoms with van der Waals surface area (Å²) >= 11 is 31.9. The van der Waals surface area contributed by atoms with Gasteiger partial charge in [0.2, 0.25) is 23.8 Å². The van der Waals surface area contributed by atoms with Gasteiger partial charge in [-0.2, -0.15) is 0 Å². The maximum Gasteiger partial charge on any atom is 0.264 e. The maximum atomic E-state index is 14.6. The molecule has 6 aromatic heterocycles. The fourth-order valence-corrected chi connectivity index (χ4v) is 20.6. The van der Waals surface area contributed by atoms with Gasteiger partial charge in [0.05, 0.1) is 137 Å². The minimum Gasteiger partial charge on any atom is -0.376 e. The summed E-state index contributed by atoms with van der Waals surface area (Å²) in [4.78, 5) is 108. The lowest BCUT2D eigenvalue weighted by Gasteiger charge is -2.43. The fraction of sp³-hybridized carbons (Fsp3) is 0.533. The van der Waals surface area contributed by atoms with Crippen LogP contribution in [0.1, 0.15) is 211 Å². The lowest BCUT2D eigenvalue weighted by atomic mass is 9.73. The van der Waals surface area contributed by atoms with E-state index in [1.54, 1.807) is 52.5 Å². The Labute approximate surface area is 735 Å². The molecule has 2 aliphatic carbocycles.